The van der Waals surface area contributed by atoms with Crippen molar-refractivity contribution < 1.29 is 4.42 Å². The Morgan fingerprint density at radius 2 is 1.27 bits per heavy atom. The third-order valence-electron chi connectivity index (χ3n) is 16.4. The molecule has 0 radical (unpaired) electrons. The molecule has 5 nitrogen and oxygen atoms in total. The minimum Gasteiger partial charge on any atom is -0.454 e. The van der Waals surface area contributed by atoms with Crippen LogP contribution in [-0.4, -0.2) is 19.5 Å². The molecule has 60 heavy (non-hydrogen) atoms. The van der Waals surface area contributed by atoms with Crippen molar-refractivity contribution in [3.05, 3.63) is 109 Å². The van der Waals surface area contributed by atoms with Gasteiger partial charge in [0.25, 0.3) is 0 Å². The lowest BCUT2D eigenvalue weighted by Crippen LogP contribution is -2.50. The number of rotatable bonds is 4. The normalized spacial score (nSPS) is 29.9. The van der Waals surface area contributed by atoms with E-state index in [2.05, 4.69) is 115 Å². The van der Waals surface area contributed by atoms with Gasteiger partial charge in [-0.3, -0.25) is 0 Å². The van der Waals surface area contributed by atoms with Crippen molar-refractivity contribution in [2.45, 2.75) is 95.3 Å². The summed E-state index contributed by atoms with van der Waals surface area (Å²) in [5.41, 5.74) is 6.55. The maximum atomic E-state index is 6.88. The smallest absolute Gasteiger partial charge is 0.163 e. The first-order chi connectivity index (χ1) is 29.4. The van der Waals surface area contributed by atoms with E-state index in [9.17, 15) is 0 Å². The number of thiophene rings is 1. The van der Waals surface area contributed by atoms with Crippen LogP contribution in [0.5, 0.6) is 0 Å². The van der Waals surface area contributed by atoms with Crippen molar-refractivity contribution in [1.82, 2.24) is 19.5 Å². The van der Waals surface area contributed by atoms with E-state index in [1.54, 1.807) is 0 Å². The van der Waals surface area contributed by atoms with E-state index in [1.165, 1.54) is 118 Å². The van der Waals surface area contributed by atoms with Crippen molar-refractivity contribution in [3.63, 3.8) is 0 Å². The van der Waals surface area contributed by atoms with Crippen molar-refractivity contribution >= 4 is 75.3 Å². The maximum absolute atomic E-state index is 6.88. The van der Waals surface area contributed by atoms with Crippen LogP contribution >= 0.6 is 11.3 Å². The topological polar surface area (TPSA) is 56.7 Å². The zero-order valence-electron chi connectivity index (χ0n) is 34.6. The van der Waals surface area contributed by atoms with Crippen LogP contribution in [0.2, 0.25) is 0 Å². The molecule has 2 unspecified atom stereocenters. The van der Waals surface area contributed by atoms with Gasteiger partial charge >= 0.3 is 0 Å². The minimum absolute atomic E-state index is 0.0322. The number of aromatic nitrogens is 4. The average Bonchev–Trinajstić information content (AvgIpc) is 3.93. The molecule has 6 heteroatoms. The fourth-order valence-corrected chi connectivity index (χ4v) is 16.0. The van der Waals surface area contributed by atoms with Crippen molar-refractivity contribution in [1.29, 1.82) is 0 Å². The van der Waals surface area contributed by atoms with Gasteiger partial charge in [0.1, 0.15) is 17.2 Å². The minimum atomic E-state index is -0.0322. The summed E-state index contributed by atoms with van der Waals surface area (Å²) in [6.45, 7) is 4.98. The Hall–Kier alpha value is -5.07. The molecule has 6 aliphatic rings. The number of para-hydroxylation sites is 2. The van der Waals surface area contributed by atoms with E-state index in [-0.39, 0.29) is 10.8 Å². The molecule has 9 aromatic rings. The van der Waals surface area contributed by atoms with Crippen LogP contribution in [0.1, 0.15) is 96.1 Å². The van der Waals surface area contributed by atoms with Crippen LogP contribution in [0, 0.1) is 35.5 Å². The number of benzene rings is 5. The predicted octanol–water partition coefficient (Wildman–Crippen LogP) is 14.5. The Morgan fingerprint density at radius 3 is 2.03 bits per heavy atom. The van der Waals surface area contributed by atoms with Crippen LogP contribution in [0.4, 0.5) is 0 Å². The van der Waals surface area contributed by atoms with Crippen LogP contribution in [0.15, 0.2) is 101 Å². The molecule has 298 valence electrons. The average molecular weight is 803 g/mol. The number of hydrogen-bond donors (Lipinski definition) is 0. The van der Waals surface area contributed by atoms with Gasteiger partial charge in [-0.2, -0.15) is 0 Å². The van der Waals surface area contributed by atoms with Crippen LogP contribution < -0.4 is 0 Å². The van der Waals surface area contributed by atoms with Gasteiger partial charge in [0.05, 0.1) is 21.1 Å². The highest BCUT2D eigenvalue weighted by atomic mass is 32.1. The third-order valence-corrected chi connectivity index (χ3v) is 17.6. The molecule has 0 saturated heterocycles. The second kappa shape index (κ2) is 12.3. The molecular formula is C54H50N4OS. The second-order valence-electron chi connectivity index (χ2n) is 20.7. The Kier molecular flexibility index (Phi) is 7.08. The molecule has 0 aliphatic heterocycles. The summed E-state index contributed by atoms with van der Waals surface area (Å²) < 4.78 is 11.9. The summed E-state index contributed by atoms with van der Waals surface area (Å²) in [6.07, 6.45) is 14.5. The van der Waals surface area contributed by atoms with E-state index in [0.29, 0.717) is 0 Å². The third kappa shape index (κ3) is 4.89. The highest BCUT2D eigenvalue weighted by Crippen LogP contribution is 2.61. The van der Waals surface area contributed by atoms with Crippen molar-refractivity contribution in [3.8, 4) is 17.1 Å². The molecule has 6 saturated carbocycles. The van der Waals surface area contributed by atoms with Gasteiger partial charge in [-0.25, -0.2) is 15.0 Å². The molecular weight excluding hydrogens is 753 g/mol. The molecule has 6 aliphatic carbocycles. The highest BCUT2D eigenvalue weighted by Gasteiger charge is 2.54. The fraction of sp³-hybridized carbons (Fsp3) is 0.389. The summed E-state index contributed by atoms with van der Waals surface area (Å²) in [6, 6.07) is 35.6. The highest BCUT2D eigenvalue weighted by molar-refractivity contribution is 7.27. The van der Waals surface area contributed by atoms with E-state index in [4.69, 9.17) is 19.4 Å². The molecule has 5 aromatic carbocycles. The number of furan rings is 1. The summed E-state index contributed by atoms with van der Waals surface area (Å²) in [5.74, 6) is 7.89. The Bertz CT molecular complexity index is 3200. The first-order valence-corrected chi connectivity index (χ1v) is 23.7. The second-order valence-corrected chi connectivity index (χ2v) is 21.8. The van der Waals surface area contributed by atoms with Gasteiger partial charge in [0.15, 0.2) is 11.4 Å². The summed E-state index contributed by atoms with van der Waals surface area (Å²) >= 11 is 1.85. The van der Waals surface area contributed by atoms with Crippen LogP contribution in [-0.2, 0) is 10.8 Å². The standard InChI is InChI=1S/C54H50N4OS/c1-30-18-31-20-32(19-30)26-53(2,25-31)51-55-50(56-52(57-51)54-27-33-21-34(28-54)23-35(22-33)29-54)36-10-9-11-37(24-36)58-41-15-6-3-12-38(41)44-45-40-14-5-8-17-43(40)60-49(45)48-46(47(44)58)39-13-4-7-16-42(39)59-48/h3-17,24,30-35H,18-23,25-29H2,1-2H3. The molecule has 4 heterocycles. The van der Waals surface area contributed by atoms with Crippen LogP contribution in [0.3, 0.4) is 0 Å². The van der Waals surface area contributed by atoms with Gasteiger partial charge in [0.2, 0.25) is 0 Å². The zero-order chi connectivity index (χ0) is 39.5. The first kappa shape index (κ1) is 34.6. The zero-order valence-corrected chi connectivity index (χ0v) is 35.4. The SMILES string of the molecule is CC1CC2CC(C1)CC(C)(c1nc(-c3cccc(-n4c5ccccc5c5c6c7ccccc7sc6c6oc7ccccc7c6c54)c3)nc(C34CC5CC(CC(C5)C3)C4)n1)C2. The molecule has 6 bridgehead atoms. The summed E-state index contributed by atoms with van der Waals surface area (Å²) in [7, 11) is 0. The Labute approximate surface area is 354 Å². The van der Waals surface area contributed by atoms with Gasteiger partial charge < -0.3 is 8.98 Å². The van der Waals surface area contributed by atoms with Gasteiger partial charge in [-0.05, 0) is 136 Å². The molecule has 6 fully saturated rings. The predicted molar refractivity (Wildman–Crippen MR) is 246 cm³/mol. The number of hydrogen-bond acceptors (Lipinski definition) is 5. The number of nitrogens with zero attached hydrogens (tertiary/aromatic N) is 4. The van der Waals surface area contributed by atoms with Gasteiger partial charge in [-0.1, -0.05) is 80.6 Å². The molecule has 15 rings (SSSR count). The van der Waals surface area contributed by atoms with E-state index >= 15 is 0 Å². The van der Waals surface area contributed by atoms with E-state index in [1.807, 2.05) is 11.3 Å². The van der Waals surface area contributed by atoms with E-state index < -0.39 is 0 Å². The van der Waals surface area contributed by atoms with Gasteiger partial charge in [0, 0.05) is 53.7 Å². The maximum Gasteiger partial charge on any atom is 0.163 e. The summed E-state index contributed by atoms with van der Waals surface area (Å²) in [4.78, 5) is 17.0. The lowest BCUT2D eigenvalue weighted by Gasteiger charge is -2.56. The lowest BCUT2D eigenvalue weighted by atomic mass is 9.49. The van der Waals surface area contributed by atoms with Crippen LogP contribution in [0.25, 0.3) is 81.0 Å². The largest absolute Gasteiger partial charge is 0.454 e. The van der Waals surface area contributed by atoms with E-state index in [0.717, 1.165) is 80.8 Å². The molecule has 0 N–H and O–H groups in total. The quantitative estimate of drug-likeness (QED) is 0.178. The lowest BCUT2D eigenvalue weighted by molar-refractivity contribution is -0.00987. The van der Waals surface area contributed by atoms with Crippen molar-refractivity contribution in [2.24, 2.45) is 35.5 Å². The molecule has 2 atom stereocenters. The Balaban J connectivity index is 1.02. The number of fused-ring (bicyclic) bond motifs is 14. The Morgan fingerprint density at radius 1 is 0.617 bits per heavy atom. The van der Waals surface area contributed by atoms with Gasteiger partial charge in [-0.15, -0.1) is 11.3 Å². The fourth-order valence-electron chi connectivity index (χ4n) is 14.8. The monoisotopic (exact) mass is 802 g/mol. The summed E-state index contributed by atoms with van der Waals surface area (Å²) in [5, 5.41) is 7.45. The van der Waals surface area contributed by atoms with Crippen molar-refractivity contribution in [2.75, 3.05) is 0 Å². The molecule has 4 aromatic heterocycles. The molecule has 0 spiro atoms. The first-order valence-electron chi connectivity index (χ1n) is 22.9. The molecule has 0 amide bonds.